The van der Waals surface area contributed by atoms with E-state index in [2.05, 4.69) is 0 Å². The number of hydrogen-bond donors (Lipinski definition) is 0. The summed E-state index contributed by atoms with van der Waals surface area (Å²) in [4.78, 5) is 11.0. The van der Waals surface area contributed by atoms with Gasteiger partial charge in [-0.3, -0.25) is 4.79 Å². The molecule has 0 amide bonds. The van der Waals surface area contributed by atoms with Crippen molar-refractivity contribution in [3.8, 4) is 5.75 Å². The molecule has 1 aromatic rings. The smallest absolute Gasteiger partial charge is 0.311 e. The van der Waals surface area contributed by atoms with Crippen LogP contribution < -0.4 is 4.74 Å². The lowest BCUT2D eigenvalue weighted by Gasteiger charge is -2.02. The molecule has 2 nitrogen and oxygen atoms in total. The minimum absolute atomic E-state index is 0.111. The summed E-state index contributed by atoms with van der Waals surface area (Å²) in [6, 6.07) is 7.71. The molecule has 2 heteroatoms. The highest BCUT2D eigenvalue weighted by molar-refractivity contribution is 5.73. The second-order valence-corrected chi connectivity index (χ2v) is 2.94. The van der Waals surface area contributed by atoms with Crippen LogP contribution in [0.15, 0.2) is 24.3 Å². The van der Waals surface area contributed by atoms with Crippen molar-refractivity contribution >= 4 is 5.97 Å². The molecule has 76 valence electrons. The molecule has 1 aliphatic rings. The number of carbonyl (C=O) groups is 1. The van der Waals surface area contributed by atoms with Crippen LogP contribution in [-0.2, 0) is 11.2 Å². The van der Waals surface area contributed by atoms with Gasteiger partial charge in [-0.1, -0.05) is 32.0 Å². The number of para-hydroxylation sites is 1. The maximum absolute atomic E-state index is 11.0. The van der Waals surface area contributed by atoms with Gasteiger partial charge < -0.3 is 4.74 Å². The normalized spacial score (nSPS) is 14.3. The third-order valence-corrected chi connectivity index (χ3v) is 2.02. The van der Waals surface area contributed by atoms with Gasteiger partial charge in [0.1, 0.15) is 5.75 Å². The molecule has 0 spiro atoms. The molecule has 0 aromatic heterocycles. The Kier molecular flexibility index (Phi) is 4.17. The number of fused-ring (bicyclic) bond motifs is 1. The van der Waals surface area contributed by atoms with E-state index in [1.807, 2.05) is 38.1 Å². The van der Waals surface area contributed by atoms with Crippen molar-refractivity contribution in [1.82, 2.24) is 0 Å². The fourth-order valence-electron chi connectivity index (χ4n) is 1.41. The van der Waals surface area contributed by atoms with Crippen LogP contribution in [-0.4, -0.2) is 5.97 Å². The van der Waals surface area contributed by atoms with Crippen LogP contribution in [0.2, 0.25) is 0 Å². The number of rotatable bonds is 0. The molecule has 0 radical (unpaired) electrons. The van der Waals surface area contributed by atoms with Crippen molar-refractivity contribution in [2.24, 2.45) is 0 Å². The van der Waals surface area contributed by atoms with Crippen molar-refractivity contribution in [3.05, 3.63) is 29.8 Å². The summed E-state index contributed by atoms with van der Waals surface area (Å²) in [6.45, 7) is 4.00. The van der Waals surface area contributed by atoms with Gasteiger partial charge in [0.25, 0.3) is 0 Å². The van der Waals surface area contributed by atoms with Crippen LogP contribution in [0.4, 0.5) is 0 Å². The molecular weight excluding hydrogens is 176 g/mol. The first-order valence-electron chi connectivity index (χ1n) is 5.15. The first-order chi connectivity index (χ1) is 6.86. The van der Waals surface area contributed by atoms with E-state index in [-0.39, 0.29) is 5.97 Å². The second kappa shape index (κ2) is 5.43. The molecule has 0 bridgehead atoms. The molecule has 0 aliphatic carbocycles. The second-order valence-electron chi connectivity index (χ2n) is 2.94. The van der Waals surface area contributed by atoms with E-state index in [0.29, 0.717) is 6.42 Å². The first-order valence-corrected chi connectivity index (χ1v) is 5.15. The zero-order valence-corrected chi connectivity index (χ0v) is 8.75. The molecule has 1 aromatic carbocycles. The summed E-state index contributed by atoms with van der Waals surface area (Å²) in [5, 5.41) is 0. The summed E-state index contributed by atoms with van der Waals surface area (Å²) >= 11 is 0. The molecule has 14 heavy (non-hydrogen) atoms. The van der Waals surface area contributed by atoms with Gasteiger partial charge in [0.15, 0.2) is 0 Å². The van der Waals surface area contributed by atoms with Crippen molar-refractivity contribution in [3.63, 3.8) is 0 Å². The number of aryl methyl sites for hydroxylation is 1. The predicted molar refractivity (Wildman–Crippen MR) is 56.4 cm³/mol. The number of carbonyl (C=O) groups excluding carboxylic acids is 1. The topological polar surface area (TPSA) is 26.3 Å². The monoisotopic (exact) mass is 192 g/mol. The molecule has 1 aliphatic heterocycles. The highest BCUT2D eigenvalue weighted by Gasteiger charge is 2.13. The van der Waals surface area contributed by atoms with Crippen molar-refractivity contribution in [2.45, 2.75) is 33.1 Å². The van der Waals surface area contributed by atoms with Gasteiger partial charge in [0.2, 0.25) is 0 Å². The number of esters is 1. The van der Waals surface area contributed by atoms with Crippen LogP contribution in [0.5, 0.6) is 5.75 Å². The van der Waals surface area contributed by atoms with Crippen LogP contribution >= 0.6 is 0 Å². The number of hydrogen-bond acceptors (Lipinski definition) is 2. The van der Waals surface area contributed by atoms with Crippen molar-refractivity contribution < 1.29 is 9.53 Å². The van der Waals surface area contributed by atoms with E-state index >= 15 is 0 Å². The Labute approximate surface area is 84.9 Å². The van der Waals surface area contributed by atoms with Gasteiger partial charge in [0.05, 0.1) is 0 Å². The lowest BCUT2D eigenvalue weighted by atomic mass is 10.1. The first kappa shape index (κ1) is 10.8. The highest BCUT2D eigenvalue weighted by Crippen LogP contribution is 2.23. The Bertz CT molecular complexity index is 305. The maximum Gasteiger partial charge on any atom is 0.311 e. The molecule has 0 N–H and O–H groups in total. The molecule has 0 saturated carbocycles. The Morgan fingerprint density at radius 3 is 2.64 bits per heavy atom. The average molecular weight is 192 g/mol. The van der Waals surface area contributed by atoms with E-state index in [4.69, 9.17) is 4.74 Å². The summed E-state index contributed by atoms with van der Waals surface area (Å²) in [6.07, 6.45) is 2.38. The Balaban J connectivity index is 0.000000461. The molecular formula is C12H16O2. The molecule has 0 unspecified atom stereocenters. The highest BCUT2D eigenvalue weighted by atomic mass is 16.5. The Morgan fingerprint density at radius 1 is 1.14 bits per heavy atom. The van der Waals surface area contributed by atoms with E-state index in [9.17, 15) is 4.79 Å². The molecule has 0 saturated heterocycles. The summed E-state index contributed by atoms with van der Waals surface area (Å²) in [7, 11) is 0. The Morgan fingerprint density at radius 2 is 1.86 bits per heavy atom. The molecule has 1 heterocycles. The Hall–Kier alpha value is -1.31. The third kappa shape index (κ3) is 2.59. The van der Waals surface area contributed by atoms with Gasteiger partial charge in [-0.25, -0.2) is 0 Å². The van der Waals surface area contributed by atoms with Crippen LogP contribution in [0.3, 0.4) is 0 Å². The summed E-state index contributed by atoms with van der Waals surface area (Å²) < 4.78 is 5.12. The predicted octanol–water partition coefficient (Wildman–Crippen LogP) is 2.95. The number of ether oxygens (including phenoxy) is 1. The largest absolute Gasteiger partial charge is 0.426 e. The van der Waals surface area contributed by atoms with Crippen LogP contribution in [0.1, 0.15) is 32.3 Å². The van der Waals surface area contributed by atoms with Gasteiger partial charge >= 0.3 is 5.97 Å². The quantitative estimate of drug-likeness (QED) is 0.466. The standard InChI is InChI=1S/C10H10O2.C2H6/c11-10-7-3-5-8-4-1-2-6-9(8)12-10;1-2/h1-2,4,6H,3,5,7H2;1-2H3. The average Bonchev–Trinajstić information content (AvgIpc) is 2.41. The molecule has 2 rings (SSSR count). The fourth-order valence-corrected chi connectivity index (χ4v) is 1.41. The zero-order valence-electron chi connectivity index (χ0n) is 8.75. The van der Waals surface area contributed by atoms with Gasteiger partial charge in [-0.15, -0.1) is 0 Å². The minimum Gasteiger partial charge on any atom is -0.426 e. The summed E-state index contributed by atoms with van der Waals surface area (Å²) in [5.74, 6) is 0.625. The SMILES string of the molecule is CC.O=C1CCCc2ccccc2O1. The van der Waals surface area contributed by atoms with Crippen LogP contribution in [0, 0.1) is 0 Å². The lowest BCUT2D eigenvalue weighted by molar-refractivity contribution is -0.134. The van der Waals surface area contributed by atoms with Gasteiger partial charge in [-0.2, -0.15) is 0 Å². The van der Waals surface area contributed by atoms with E-state index in [0.717, 1.165) is 24.2 Å². The minimum atomic E-state index is -0.111. The lowest BCUT2D eigenvalue weighted by Crippen LogP contribution is -2.04. The summed E-state index contributed by atoms with van der Waals surface area (Å²) in [5.41, 5.74) is 1.14. The van der Waals surface area contributed by atoms with E-state index in [1.165, 1.54) is 0 Å². The van der Waals surface area contributed by atoms with E-state index in [1.54, 1.807) is 0 Å². The fraction of sp³-hybridized carbons (Fsp3) is 0.417. The molecule has 0 fully saturated rings. The van der Waals surface area contributed by atoms with Crippen molar-refractivity contribution in [1.29, 1.82) is 0 Å². The zero-order chi connectivity index (χ0) is 10.4. The van der Waals surface area contributed by atoms with E-state index < -0.39 is 0 Å². The third-order valence-electron chi connectivity index (χ3n) is 2.02. The van der Waals surface area contributed by atoms with Crippen molar-refractivity contribution in [2.75, 3.05) is 0 Å². The van der Waals surface area contributed by atoms with Gasteiger partial charge in [0, 0.05) is 6.42 Å². The molecule has 0 atom stereocenters. The maximum atomic E-state index is 11.0. The van der Waals surface area contributed by atoms with Crippen LogP contribution in [0.25, 0.3) is 0 Å². The van der Waals surface area contributed by atoms with Gasteiger partial charge in [-0.05, 0) is 24.5 Å². The number of benzene rings is 1.